The maximum absolute atomic E-state index is 6.01. The number of rotatable bonds is 3. The lowest BCUT2D eigenvalue weighted by molar-refractivity contribution is -0.0707. The van der Waals surface area contributed by atoms with Gasteiger partial charge in [0.2, 0.25) is 0 Å². The van der Waals surface area contributed by atoms with E-state index in [4.69, 9.17) is 10.5 Å². The Kier molecular flexibility index (Phi) is 3.88. The average molecular weight is 254 g/mol. The SMILES string of the molecule is Cc1ccsc1C(CN)N1CCOCC1(C)C. The van der Waals surface area contributed by atoms with Gasteiger partial charge in [0.1, 0.15) is 0 Å². The molecular weight excluding hydrogens is 232 g/mol. The van der Waals surface area contributed by atoms with Crippen molar-refractivity contribution in [3.8, 4) is 0 Å². The van der Waals surface area contributed by atoms with E-state index in [-0.39, 0.29) is 5.54 Å². The minimum absolute atomic E-state index is 0.0682. The van der Waals surface area contributed by atoms with Gasteiger partial charge >= 0.3 is 0 Å². The molecule has 4 heteroatoms. The molecule has 0 aliphatic carbocycles. The molecular formula is C13H22N2OS. The van der Waals surface area contributed by atoms with Crippen LogP contribution in [0.15, 0.2) is 11.4 Å². The van der Waals surface area contributed by atoms with Crippen molar-refractivity contribution >= 4 is 11.3 Å². The van der Waals surface area contributed by atoms with Gasteiger partial charge in [0.05, 0.1) is 19.3 Å². The fraction of sp³-hybridized carbons (Fsp3) is 0.692. The third kappa shape index (κ3) is 2.55. The Morgan fingerprint density at radius 3 is 2.88 bits per heavy atom. The van der Waals surface area contributed by atoms with Crippen LogP contribution in [0.4, 0.5) is 0 Å². The number of hydrogen-bond acceptors (Lipinski definition) is 4. The van der Waals surface area contributed by atoms with E-state index in [0.29, 0.717) is 12.6 Å². The molecule has 0 aromatic carbocycles. The largest absolute Gasteiger partial charge is 0.378 e. The lowest BCUT2D eigenvalue weighted by atomic mass is 9.98. The minimum atomic E-state index is 0.0682. The molecule has 0 radical (unpaired) electrons. The van der Waals surface area contributed by atoms with Gasteiger partial charge in [-0.1, -0.05) is 0 Å². The first-order chi connectivity index (χ1) is 8.06. The van der Waals surface area contributed by atoms with E-state index >= 15 is 0 Å². The quantitative estimate of drug-likeness (QED) is 0.898. The van der Waals surface area contributed by atoms with Gasteiger partial charge in [0, 0.05) is 23.5 Å². The van der Waals surface area contributed by atoms with Crippen LogP contribution in [0.2, 0.25) is 0 Å². The highest BCUT2D eigenvalue weighted by molar-refractivity contribution is 7.10. The fourth-order valence-corrected chi connectivity index (χ4v) is 3.60. The zero-order chi connectivity index (χ0) is 12.5. The highest BCUT2D eigenvalue weighted by Crippen LogP contribution is 2.34. The smallest absolute Gasteiger partial charge is 0.0645 e. The van der Waals surface area contributed by atoms with Crippen molar-refractivity contribution in [1.82, 2.24) is 4.90 Å². The first-order valence-electron chi connectivity index (χ1n) is 6.15. The first kappa shape index (κ1) is 13.0. The standard InChI is InChI=1S/C13H22N2OS/c1-10-4-7-17-12(10)11(8-14)15-5-6-16-9-13(15,2)3/h4,7,11H,5-6,8-9,14H2,1-3H3. The molecule has 96 valence electrons. The summed E-state index contributed by atoms with van der Waals surface area (Å²) in [5.74, 6) is 0. The molecule has 1 aromatic heterocycles. The van der Waals surface area contributed by atoms with Gasteiger partial charge in [-0.05, 0) is 37.8 Å². The number of morpholine rings is 1. The normalized spacial score (nSPS) is 22.6. The summed E-state index contributed by atoms with van der Waals surface area (Å²) in [4.78, 5) is 3.90. The summed E-state index contributed by atoms with van der Waals surface area (Å²) in [6.45, 7) is 9.87. The average Bonchev–Trinajstić information content (AvgIpc) is 2.68. The summed E-state index contributed by atoms with van der Waals surface area (Å²) in [6, 6.07) is 2.50. The van der Waals surface area contributed by atoms with Crippen LogP contribution < -0.4 is 5.73 Å². The minimum Gasteiger partial charge on any atom is -0.378 e. The molecule has 1 aliphatic rings. The summed E-state index contributed by atoms with van der Waals surface area (Å²) >= 11 is 1.81. The second-order valence-electron chi connectivity index (χ2n) is 5.28. The third-order valence-electron chi connectivity index (χ3n) is 3.51. The summed E-state index contributed by atoms with van der Waals surface area (Å²) < 4.78 is 5.58. The Morgan fingerprint density at radius 1 is 1.59 bits per heavy atom. The highest BCUT2D eigenvalue weighted by Gasteiger charge is 2.36. The molecule has 1 atom stereocenters. The van der Waals surface area contributed by atoms with E-state index in [1.807, 2.05) is 11.3 Å². The van der Waals surface area contributed by atoms with Crippen molar-refractivity contribution in [2.45, 2.75) is 32.4 Å². The lowest BCUT2D eigenvalue weighted by Crippen LogP contribution is -2.55. The topological polar surface area (TPSA) is 38.5 Å². The van der Waals surface area contributed by atoms with Gasteiger partial charge in [0.15, 0.2) is 0 Å². The van der Waals surface area contributed by atoms with Crippen LogP contribution in [0.25, 0.3) is 0 Å². The van der Waals surface area contributed by atoms with Gasteiger partial charge < -0.3 is 10.5 Å². The molecule has 1 aliphatic heterocycles. The van der Waals surface area contributed by atoms with Crippen LogP contribution in [0.1, 0.15) is 30.3 Å². The molecule has 0 amide bonds. The molecule has 1 unspecified atom stereocenters. The molecule has 3 nitrogen and oxygen atoms in total. The number of nitrogens with zero attached hydrogens (tertiary/aromatic N) is 1. The Morgan fingerprint density at radius 2 is 2.35 bits per heavy atom. The number of nitrogens with two attached hydrogens (primary N) is 1. The van der Waals surface area contributed by atoms with E-state index in [2.05, 4.69) is 37.1 Å². The van der Waals surface area contributed by atoms with E-state index in [0.717, 1.165) is 19.8 Å². The van der Waals surface area contributed by atoms with Crippen LogP contribution in [0.3, 0.4) is 0 Å². The van der Waals surface area contributed by atoms with Crippen LogP contribution in [-0.2, 0) is 4.74 Å². The number of thiophene rings is 1. The lowest BCUT2D eigenvalue weighted by Gasteiger charge is -2.46. The molecule has 0 saturated carbocycles. The molecule has 0 bridgehead atoms. The Balaban J connectivity index is 2.26. The zero-order valence-electron chi connectivity index (χ0n) is 10.9. The van der Waals surface area contributed by atoms with Crippen LogP contribution in [0, 0.1) is 6.92 Å². The maximum atomic E-state index is 6.01. The monoisotopic (exact) mass is 254 g/mol. The van der Waals surface area contributed by atoms with Gasteiger partial charge in [-0.3, -0.25) is 4.90 Å². The highest BCUT2D eigenvalue weighted by atomic mass is 32.1. The fourth-order valence-electron chi connectivity index (χ4n) is 2.55. The number of ether oxygens (including phenoxy) is 1. The zero-order valence-corrected chi connectivity index (χ0v) is 11.7. The Bertz CT molecular complexity index is 375. The third-order valence-corrected chi connectivity index (χ3v) is 4.63. The summed E-state index contributed by atoms with van der Waals surface area (Å²) in [6.07, 6.45) is 0. The molecule has 1 fully saturated rings. The number of hydrogen-bond donors (Lipinski definition) is 1. The van der Waals surface area contributed by atoms with Crippen molar-refractivity contribution in [2.24, 2.45) is 5.73 Å². The molecule has 2 rings (SSSR count). The van der Waals surface area contributed by atoms with Crippen LogP contribution in [0.5, 0.6) is 0 Å². The molecule has 17 heavy (non-hydrogen) atoms. The van der Waals surface area contributed by atoms with Crippen LogP contribution in [-0.4, -0.2) is 36.7 Å². The summed E-state index contributed by atoms with van der Waals surface area (Å²) in [5, 5.41) is 2.15. The van der Waals surface area contributed by atoms with Crippen molar-refractivity contribution in [3.63, 3.8) is 0 Å². The van der Waals surface area contributed by atoms with Gasteiger partial charge in [0.25, 0.3) is 0 Å². The first-order valence-corrected chi connectivity index (χ1v) is 7.03. The van der Waals surface area contributed by atoms with Crippen LogP contribution >= 0.6 is 11.3 Å². The van der Waals surface area contributed by atoms with Crippen molar-refractivity contribution < 1.29 is 4.74 Å². The summed E-state index contributed by atoms with van der Waals surface area (Å²) in [7, 11) is 0. The molecule has 0 spiro atoms. The van der Waals surface area contributed by atoms with Crippen molar-refractivity contribution in [2.75, 3.05) is 26.3 Å². The van der Waals surface area contributed by atoms with Gasteiger partial charge in [-0.2, -0.15) is 0 Å². The van der Waals surface area contributed by atoms with E-state index in [1.54, 1.807) is 0 Å². The predicted molar refractivity (Wildman–Crippen MR) is 72.5 cm³/mol. The second-order valence-corrected chi connectivity index (χ2v) is 6.23. The molecule has 1 aromatic rings. The maximum Gasteiger partial charge on any atom is 0.0645 e. The Hall–Kier alpha value is -0.420. The van der Waals surface area contributed by atoms with Crippen molar-refractivity contribution in [3.05, 3.63) is 21.9 Å². The molecule has 2 heterocycles. The summed E-state index contributed by atoms with van der Waals surface area (Å²) in [5.41, 5.74) is 7.43. The molecule has 2 N–H and O–H groups in total. The number of aryl methyl sites for hydroxylation is 1. The van der Waals surface area contributed by atoms with Crippen molar-refractivity contribution in [1.29, 1.82) is 0 Å². The van der Waals surface area contributed by atoms with Gasteiger partial charge in [-0.15, -0.1) is 11.3 Å². The molecule has 1 saturated heterocycles. The second kappa shape index (κ2) is 5.06. The van der Waals surface area contributed by atoms with E-state index < -0.39 is 0 Å². The van der Waals surface area contributed by atoms with E-state index in [1.165, 1.54) is 10.4 Å². The van der Waals surface area contributed by atoms with Gasteiger partial charge in [-0.25, -0.2) is 0 Å². The Labute approximate surface area is 108 Å². The predicted octanol–water partition coefficient (Wildman–Crippen LogP) is 2.17. The van der Waals surface area contributed by atoms with E-state index in [9.17, 15) is 0 Å².